The Morgan fingerprint density at radius 1 is 0.396 bits per heavy atom. The molecule has 0 bridgehead atoms. The zero-order chi connectivity index (χ0) is 37.4. The third kappa shape index (κ3) is 20.8. The molecular formula is C37H60O8S8. The summed E-state index contributed by atoms with van der Waals surface area (Å²) < 4.78 is 23.2. The summed E-state index contributed by atoms with van der Waals surface area (Å²) in [5.41, 5.74) is -1.19. The van der Waals surface area contributed by atoms with Crippen molar-refractivity contribution in [1.82, 2.24) is 0 Å². The molecule has 53 heavy (non-hydrogen) atoms. The van der Waals surface area contributed by atoms with Crippen LogP contribution in [0.5, 0.6) is 0 Å². The molecule has 8 nitrogen and oxygen atoms in total. The van der Waals surface area contributed by atoms with Crippen LogP contribution < -0.4 is 0 Å². The molecule has 0 aromatic heterocycles. The normalized spacial score (nSPS) is 23.8. The fourth-order valence-electron chi connectivity index (χ4n) is 6.30. The number of esters is 4. The standard InChI is InChI=1S/C37H60O8S8/c38-33(13-5-1-9-29-17-21-46-50-29)42-25-37(26-43-34(39)14-6-2-10-30-18-22-47-51-30,27-44-35(40)15-7-3-11-31-19-23-48-52-31)28-45-36(41)16-8-4-12-32-20-24-49-53-32/h29-32H,1-28H2. The van der Waals surface area contributed by atoms with Crippen molar-refractivity contribution in [2.75, 3.05) is 49.4 Å². The van der Waals surface area contributed by atoms with Gasteiger partial charge in [-0.1, -0.05) is 112 Å². The van der Waals surface area contributed by atoms with Gasteiger partial charge in [0.2, 0.25) is 0 Å². The quantitative estimate of drug-likeness (QED) is 0.0322. The van der Waals surface area contributed by atoms with Gasteiger partial charge in [-0.05, 0) is 77.0 Å². The Bertz CT molecular complexity index is 898. The fourth-order valence-corrected chi connectivity index (χ4v) is 18.4. The Balaban J connectivity index is 1.30. The van der Waals surface area contributed by atoms with Crippen LogP contribution in [0.3, 0.4) is 0 Å². The Morgan fingerprint density at radius 3 is 0.849 bits per heavy atom. The lowest BCUT2D eigenvalue weighted by Crippen LogP contribution is -2.44. The summed E-state index contributed by atoms with van der Waals surface area (Å²) in [6, 6.07) is 0. The summed E-state index contributed by atoms with van der Waals surface area (Å²) in [6.45, 7) is -0.673. The molecule has 0 aromatic rings. The first-order chi connectivity index (χ1) is 25.9. The van der Waals surface area contributed by atoms with E-state index in [0.717, 1.165) is 77.0 Å². The molecule has 4 heterocycles. The minimum Gasteiger partial charge on any atom is -0.465 e. The number of unbranched alkanes of at least 4 members (excludes halogenated alkanes) is 4. The summed E-state index contributed by atoms with van der Waals surface area (Å²) >= 11 is 0. The van der Waals surface area contributed by atoms with E-state index in [4.69, 9.17) is 18.9 Å². The molecule has 4 aliphatic heterocycles. The first-order valence-corrected chi connectivity index (χ1v) is 29.2. The number of hydrogen-bond donors (Lipinski definition) is 0. The largest absolute Gasteiger partial charge is 0.465 e. The number of carbonyl (C=O) groups is 4. The zero-order valence-corrected chi connectivity index (χ0v) is 37.7. The lowest BCUT2D eigenvalue weighted by molar-refractivity contribution is -0.170. The lowest BCUT2D eigenvalue weighted by atomic mass is 9.92. The molecule has 4 rings (SSSR count). The second-order valence-corrected chi connectivity index (χ2v) is 25.6. The molecule has 4 unspecified atom stereocenters. The van der Waals surface area contributed by atoms with Crippen LogP contribution in [0.25, 0.3) is 0 Å². The van der Waals surface area contributed by atoms with Gasteiger partial charge in [0.25, 0.3) is 0 Å². The van der Waals surface area contributed by atoms with E-state index >= 15 is 0 Å². The summed E-state index contributed by atoms with van der Waals surface area (Å²) in [6.07, 6.45) is 17.1. The summed E-state index contributed by atoms with van der Waals surface area (Å²) in [4.78, 5) is 51.9. The van der Waals surface area contributed by atoms with Crippen molar-refractivity contribution < 1.29 is 38.1 Å². The summed E-state index contributed by atoms with van der Waals surface area (Å²) in [5, 5.41) is 2.63. The van der Waals surface area contributed by atoms with E-state index in [1.54, 1.807) is 0 Å². The van der Waals surface area contributed by atoms with Gasteiger partial charge in [-0.2, -0.15) is 0 Å². The van der Waals surface area contributed by atoms with Crippen LogP contribution in [0, 0.1) is 5.41 Å². The molecule has 0 N–H and O–H groups in total. The van der Waals surface area contributed by atoms with Crippen molar-refractivity contribution in [2.45, 2.75) is 149 Å². The van der Waals surface area contributed by atoms with Crippen molar-refractivity contribution in [2.24, 2.45) is 5.41 Å². The van der Waals surface area contributed by atoms with Crippen molar-refractivity contribution in [3.63, 3.8) is 0 Å². The van der Waals surface area contributed by atoms with Gasteiger partial charge in [-0.25, -0.2) is 0 Å². The minimum absolute atomic E-state index is 0.168. The molecular weight excluding hydrogens is 829 g/mol. The lowest BCUT2D eigenvalue weighted by Gasteiger charge is -2.31. The summed E-state index contributed by atoms with van der Waals surface area (Å²) in [7, 11) is 15.5. The average molecular weight is 889 g/mol. The second-order valence-electron chi connectivity index (χ2n) is 14.4. The van der Waals surface area contributed by atoms with Crippen LogP contribution in [-0.4, -0.2) is 94.3 Å². The van der Waals surface area contributed by atoms with Crippen LogP contribution in [0.15, 0.2) is 0 Å². The SMILES string of the molecule is O=C(CCCCC1CCSS1)OCC(COC(=O)CCCCC1CCSS1)(COC(=O)CCCCC1CCSS1)COC(=O)CCCCC1CCSS1. The van der Waals surface area contributed by atoms with Crippen molar-refractivity contribution >= 4 is 110 Å². The van der Waals surface area contributed by atoms with Gasteiger partial charge in [0.1, 0.15) is 31.8 Å². The monoisotopic (exact) mass is 888 g/mol. The summed E-state index contributed by atoms with van der Waals surface area (Å²) in [5.74, 6) is 3.37. The van der Waals surface area contributed by atoms with E-state index in [1.807, 2.05) is 86.4 Å². The van der Waals surface area contributed by atoms with Crippen LogP contribution in [0.2, 0.25) is 0 Å². The Morgan fingerprint density at radius 2 is 0.642 bits per heavy atom. The fraction of sp³-hybridized carbons (Fsp3) is 0.892. The van der Waals surface area contributed by atoms with E-state index < -0.39 is 5.41 Å². The molecule has 4 saturated heterocycles. The minimum atomic E-state index is -1.19. The van der Waals surface area contributed by atoms with Gasteiger partial charge < -0.3 is 18.9 Å². The van der Waals surface area contributed by atoms with E-state index in [0.29, 0.717) is 21.0 Å². The molecule has 0 spiro atoms. The first-order valence-electron chi connectivity index (χ1n) is 19.6. The van der Waals surface area contributed by atoms with E-state index in [9.17, 15) is 19.2 Å². The molecule has 0 amide bonds. The molecule has 0 saturated carbocycles. The first kappa shape index (κ1) is 46.4. The molecule has 0 aliphatic carbocycles. The van der Waals surface area contributed by atoms with Crippen LogP contribution in [0.4, 0.5) is 0 Å². The smallest absolute Gasteiger partial charge is 0.305 e. The maximum Gasteiger partial charge on any atom is 0.305 e. The second kappa shape index (κ2) is 28.2. The maximum absolute atomic E-state index is 13.0. The van der Waals surface area contributed by atoms with E-state index in [1.165, 1.54) is 48.7 Å². The van der Waals surface area contributed by atoms with Gasteiger partial charge in [-0.3, -0.25) is 19.2 Å². The highest BCUT2D eigenvalue weighted by molar-refractivity contribution is 8.78. The van der Waals surface area contributed by atoms with Gasteiger partial charge in [0.15, 0.2) is 0 Å². The number of ether oxygens (including phenoxy) is 4. The van der Waals surface area contributed by atoms with Gasteiger partial charge in [0.05, 0.1) is 0 Å². The molecule has 304 valence electrons. The van der Waals surface area contributed by atoms with Crippen molar-refractivity contribution in [1.29, 1.82) is 0 Å². The molecule has 0 aromatic carbocycles. The maximum atomic E-state index is 13.0. The van der Waals surface area contributed by atoms with Gasteiger partial charge in [-0.15, -0.1) is 0 Å². The Kier molecular flexibility index (Phi) is 24.6. The number of carbonyl (C=O) groups excluding carboxylic acids is 4. The van der Waals surface area contributed by atoms with Crippen LogP contribution >= 0.6 is 86.4 Å². The van der Waals surface area contributed by atoms with Crippen molar-refractivity contribution in [3.05, 3.63) is 0 Å². The highest BCUT2D eigenvalue weighted by atomic mass is 33.1. The van der Waals surface area contributed by atoms with E-state index in [-0.39, 0.29) is 76.0 Å². The van der Waals surface area contributed by atoms with Gasteiger partial charge in [0, 0.05) is 69.7 Å². The molecule has 0 radical (unpaired) electrons. The highest BCUT2D eigenvalue weighted by Crippen LogP contribution is 2.42. The zero-order valence-electron chi connectivity index (χ0n) is 31.1. The van der Waals surface area contributed by atoms with Gasteiger partial charge >= 0.3 is 23.9 Å². The average Bonchev–Trinajstić information content (AvgIpc) is 4.01. The molecule has 4 atom stereocenters. The Labute approximate surface area is 350 Å². The van der Waals surface area contributed by atoms with Crippen LogP contribution in [0.1, 0.15) is 128 Å². The highest BCUT2D eigenvalue weighted by Gasteiger charge is 2.38. The predicted molar refractivity (Wildman–Crippen MR) is 234 cm³/mol. The topological polar surface area (TPSA) is 105 Å². The third-order valence-electron chi connectivity index (χ3n) is 9.69. The predicted octanol–water partition coefficient (Wildman–Crippen LogP) is 11.0. The Hall–Kier alpha value is 0.680. The number of hydrogen-bond acceptors (Lipinski definition) is 16. The molecule has 16 heteroatoms. The molecule has 4 fully saturated rings. The molecule has 4 aliphatic rings. The third-order valence-corrected chi connectivity index (χ3v) is 21.7. The van der Waals surface area contributed by atoms with Crippen LogP contribution in [-0.2, 0) is 38.1 Å². The van der Waals surface area contributed by atoms with Crippen molar-refractivity contribution in [3.8, 4) is 0 Å². The number of rotatable bonds is 28. The van der Waals surface area contributed by atoms with E-state index in [2.05, 4.69) is 0 Å².